The summed E-state index contributed by atoms with van der Waals surface area (Å²) in [4.78, 5) is 9.29. The Morgan fingerprint density at radius 2 is 1.79 bits per heavy atom. The van der Waals surface area contributed by atoms with Crippen molar-refractivity contribution in [3.8, 4) is 0 Å². The lowest BCUT2D eigenvalue weighted by atomic mass is 10.1. The van der Waals surface area contributed by atoms with Gasteiger partial charge in [0.1, 0.15) is 11.6 Å². The van der Waals surface area contributed by atoms with E-state index in [1.54, 1.807) is 0 Å². The van der Waals surface area contributed by atoms with Gasteiger partial charge < -0.3 is 17.2 Å². The Bertz CT molecular complexity index is 582. The molecule has 1 aromatic carbocycles. The van der Waals surface area contributed by atoms with E-state index in [2.05, 4.69) is 25.9 Å². The second kappa shape index (κ2) is 5.77. The maximum Gasteiger partial charge on any atom is 0.196 e. The van der Waals surface area contributed by atoms with Crippen molar-refractivity contribution in [2.24, 2.45) is 5.73 Å². The quantitative estimate of drug-likeness (QED) is 0.742. The smallest absolute Gasteiger partial charge is 0.196 e. The van der Waals surface area contributed by atoms with Crippen LogP contribution in [0, 0.1) is 0 Å². The minimum Gasteiger partial charge on any atom is -0.383 e. The van der Waals surface area contributed by atoms with Gasteiger partial charge in [0.2, 0.25) is 0 Å². The normalized spacial score (nSPS) is 12.4. The van der Waals surface area contributed by atoms with Crippen LogP contribution in [0.1, 0.15) is 18.5 Å². The van der Waals surface area contributed by atoms with Crippen molar-refractivity contribution in [1.29, 1.82) is 0 Å². The van der Waals surface area contributed by atoms with E-state index in [0.717, 1.165) is 14.9 Å². The summed E-state index contributed by atoms with van der Waals surface area (Å²) in [6.45, 7) is 1.93. The van der Waals surface area contributed by atoms with Crippen LogP contribution < -0.4 is 17.2 Å². The number of nitrogens with zero attached hydrogens (tertiary/aromatic N) is 2. The molecule has 0 aliphatic carbocycles. The highest BCUT2D eigenvalue weighted by Gasteiger charge is 2.11. The summed E-state index contributed by atoms with van der Waals surface area (Å²) in [5.41, 5.74) is 18.3. The first-order chi connectivity index (χ1) is 8.95. The lowest BCUT2D eigenvalue weighted by Gasteiger charge is -2.12. The third-order valence-corrected chi connectivity index (χ3v) is 3.84. The van der Waals surface area contributed by atoms with E-state index >= 15 is 0 Å². The summed E-state index contributed by atoms with van der Waals surface area (Å²) in [5.74, 6) is 0.708. The van der Waals surface area contributed by atoms with Crippen molar-refractivity contribution in [3.05, 3.63) is 34.3 Å². The summed E-state index contributed by atoms with van der Waals surface area (Å²) in [6, 6.07) is 7.36. The molecule has 100 valence electrons. The highest BCUT2D eigenvalue weighted by molar-refractivity contribution is 9.10. The SMILES string of the molecule is CC(N)c1ccc(Br)cc1Sc1nc(N)cc(N)n1. The Morgan fingerprint density at radius 1 is 1.16 bits per heavy atom. The lowest BCUT2D eigenvalue weighted by Crippen LogP contribution is -2.06. The molecule has 0 radical (unpaired) electrons. The van der Waals surface area contributed by atoms with Crippen molar-refractivity contribution in [3.63, 3.8) is 0 Å². The zero-order chi connectivity index (χ0) is 14.0. The van der Waals surface area contributed by atoms with Crippen molar-refractivity contribution in [1.82, 2.24) is 9.97 Å². The molecular formula is C12H14BrN5S. The molecule has 0 fully saturated rings. The zero-order valence-corrected chi connectivity index (χ0v) is 12.7. The third-order valence-electron chi connectivity index (χ3n) is 2.41. The van der Waals surface area contributed by atoms with Gasteiger partial charge >= 0.3 is 0 Å². The maximum absolute atomic E-state index is 5.96. The molecule has 0 saturated carbocycles. The molecule has 0 spiro atoms. The summed E-state index contributed by atoms with van der Waals surface area (Å²) in [7, 11) is 0. The fourth-order valence-corrected chi connectivity index (χ4v) is 3.15. The van der Waals surface area contributed by atoms with E-state index < -0.39 is 0 Å². The van der Waals surface area contributed by atoms with Crippen LogP contribution in [-0.2, 0) is 0 Å². The molecule has 0 saturated heterocycles. The summed E-state index contributed by atoms with van der Waals surface area (Å²) < 4.78 is 0.969. The molecule has 0 aliphatic heterocycles. The van der Waals surface area contributed by atoms with E-state index in [0.29, 0.717) is 16.8 Å². The molecule has 0 amide bonds. The average Bonchev–Trinajstić information content (AvgIpc) is 2.26. The molecule has 1 heterocycles. The van der Waals surface area contributed by atoms with Gasteiger partial charge in [0.05, 0.1) is 0 Å². The fraction of sp³-hybridized carbons (Fsp3) is 0.167. The molecule has 19 heavy (non-hydrogen) atoms. The van der Waals surface area contributed by atoms with Crippen LogP contribution in [0.15, 0.2) is 38.8 Å². The predicted octanol–water partition coefficient (Wildman–Crippen LogP) is 2.57. The number of rotatable bonds is 3. The summed E-state index contributed by atoms with van der Waals surface area (Å²) in [6.07, 6.45) is 0. The van der Waals surface area contributed by atoms with E-state index in [9.17, 15) is 0 Å². The molecule has 5 nitrogen and oxygen atoms in total. The Balaban J connectivity index is 2.39. The predicted molar refractivity (Wildman–Crippen MR) is 81.7 cm³/mol. The Labute approximate surface area is 124 Å². The number of benzene rings is 1. The Kier molecular flexibility index (Phi) is 4.28. The van der Waals surface area contributed by atoms with Gasteiger partial charge in [-0.2, -0.15) is 0 Å². The van der Waals surface area contributed by atoms with E-state index in [4.69, 9.17) is 17.2 Å². The van der Waals surface area contributed by atoms with Gasteiger partial charge in [-0.15, -0.1) is 0 Å². The highest BCUT2D eigenvalue weighted by Crippen LogP contribution is 2.33. The third kappa shape index (κ3) is 3.59. The molecule has 7 heteroatoms. The number of halogens is 1. The van der Waals surface area contributed by atoms with Crippen molar-refractivity contribution in [2.45, 2.75) is 23.0 Å². The van der Waals surface area contributed by atoms with Gasteiger partial charge in [-0.25, -0.2) is 9.97 Å². The van der Waals surface area contributed by atoms with Crippen LogP contribution >= 0.6 is 27.7 Å². The second-order valence-electron chi connectivity index (χ2n) is 4.07. The molecule has 2 rings (SSSR count). The van der Waals surface area contributed by atoms with Crippen LogP contribution in [0.25, 0.3) is 0 Å². The van der Waals surface area contributed by atoms with Crippen molar-refractivity contribution >= 4 is 39.3 Å². The number of nitrogens with two attached hydrogens (primary N) is 3. The minimum atomic E-state index is -0.0750. The van der Waals surface area contributed by atoms with Gasteiger partial charge in [0, 0.05) is 21.5 Å². The van der Waals surface area contributed by atoms with Crippen LogP contribution in [0.5, 0.6) is 0 Å². The largest absolute Gasteiger partial charge is 0.383 e. The molecule has 0 bridgehead atoms. The van der Waals surface area contributed by atoms with Gasteiger partial charge in [-0.05, 0) is 36.4 Å². The molecule has 1 aromatic heterocycles. The fourth-order valence-electron chi connectivity index (χ4n) is 1.58. The second-order valence-corrected chi connectivity index (χ2v) is 6.00. The monoisotopic (exact) mass is 339 g/mol. The number of hydrogen-bond acceptors (Lipinski definition) is 6. The average molecular weight is 340 g/mol. The Hall–Kier alpha value is -1.31. The van der Waals surface area contributed by atoms with Crippen LogP contribution in [0.3, 0.4) is 0 Å². The molecule has 2 aromatic rings. The van der Waals surface area contributed by atoms with Gasteiger partial charge in [0.25, 0.3) is 0 Å². The topological polar surface area (TPSA) is 104 Å². The molecule has 0 aliphatic rings. The van der Waals surface area contributed by atoms with Crippen LogP contribution in [-0.4, -0.2) is 9.97 Å². The van der Waals surface area contributed by atoms with Gasteiger partial charge in [0.15, 0.2) is 5.16 Å². The van der Waals surface area contributed by atoms with E-state index in [-0.39, 0.29) is 6.04 Å². The first-order valence-corrected chi connectivity index (χ1v) is 7.19. The molecule has 1 atom stereocenters. The first-order valence-electron chi connectivity index (χ1n) is 5.58. The van der Waals surface area contributed by atoms with Crippen molar-refractivity contribution < 1.29 is 0 Å². The van der Waals surface area contributed by atoms with Gasteiger partial charge in [-0.1, -0.05) is 22.0 Å². The highest BCUT2D eigenvalue weighted by atomic mass is 79.9. The number of hydrogen-bond donors (Lipinski definition) is 3. The standard InChI is InChI=1S/C12H14BrN5S/c1-6(14)8-3-2-7(13)4-9(8)19-12-17-10(15)5-11(16)18-12/h2-6H,14H2,1H3,(H4,15,16,17,18). The summed E-state index contributed by atoms with van der Waals surface area (Å²) in [5, 5.41) is 0.512. The zero-order valence-electron chi connectivity index (χ0n) is 10.3. The van der Waals surface area contributed by atoms with Crippen LogP contribution in [0.2, 0.25) is 0 Å². The number of anilines is 2. The van der Waals surface area contributed by atoms with E-state index in [1.807, 2.05) is 25.1 Å². The van der Waals surface area contributed by atoms with Gasteiger partial charge in [-0.3, -0.25) is 0 Å². The molecule has 6 N–H and O–H groups in total. The van der Waals surface area contributed by atoms with E-state index in [1.165, 1.54) is 17.8 Å². The molecular weight excluding hydrogens is 326 g/mol. The van der Waals surface area contributed by atoms with Crippen molar-refractivity contribution in [2.75, 3.05) is 11.5 Å². The number of nitrogen functional groups attached to an aromatic ring is 2. The van der Waals surface area contributed by atoms with Crippen LogP contribution in [0.4, 0.5) is 11.6 Å². The summed E-state index contributed by atoms with van der Waals surface area (Å²) >= 11 is 4.84. The Morgan fingerprint density at radius 3 is 2.37 bits per heavy atom. The lowest BCUT2D eigenvalue weighted by molar-refractivity contribution is 0.796. The maximum atomic E-state index is 5.96. The number of aromatic nitrogens is 2. The first kappa shape index (κ1) is 14.1. The molecule has 1 unspecified atom stereocenters. The minimum absolute atomic E-state index is 0.0750.